The van der Waals surface area contributed by atoms with Crippen LogP contribution in [0, 0.1) is 12.3 Å². The van der Waals surface area contributed by atoms with Gasteiger partial charge in [-0.3, -0.25) is 4.79 Å². The highest BCUT2D eigenvalue weighted by atomic mass is 16.2. The van der Waals surface area contributed by atoms with Crippen LogP contribution in [0.5, 0.6) is 0 Å². The van der Waals surface area contributed by atoms with Crippen LogP contribution in [0.2, 0.25) is 0 Å². The molecule has 1 unspecified atom stereocenters. The van der Waals surface area contributed by atoms with Crippen LogP contribution in [0.3, 0.4) is 0 Å². The van der Waals surface area contributed by atoms with Gasteiger partial charge in [-0.15, -0.1) is 0 Å². The van der Waals surface area contributed by atoms with Crippen molar-refractivity contribution < 1.29 is 4.79 Å². The second-order valence-corrected chi connectivity index (χ2v) is 6.91. The van der Waals surface area contributed by atoms with Gasteiger partial charge in [-0.05, 0) is 44.9 Å². The molecule has 1 amide bonds. The molecule has 2 aliphatic rings. The number of hydrogen-bond acceptors (Lipinski definition) is 3. The molecule has 1 N–H and O–H groups in total. The number of rotatable bonds is 2. The molecule has 0 saturated carbocycles. The molecule has 120 valence electrons. The molecular weight excluding hydrogens is 274 g/mol. The van der Waals surface area contributed by atoms with E-state index < -0.39 is 0 Å². The maximum Gasteiger partial charge on any atom is 0.229 e. The van der Waals surface area contributed by atoms with E-state index in [0.29, 0.717) is 5.91 Å². The first-order valence-electron chi connectivity index (χ1n) is 8.41. The van der Waals surface area contributed by atoms with Crippen molar-refractivity contribution in [1.29, 1.82) is 0 Å². The summed E-state index contributed by atoms with van der Waals surface area (Å²) in [7, 11) is 0. The van der Waals surface area contributed by atoms with E-state index in [4.69, 9.17) is 0 Å². The highest BCUT2D eigenvalue weighted by Gasteiger charge is 2.38. The Morgan fingerprint density at radius 1 is 1.18 bits per heavy atom. The lowest BCUT2D eigenvalue weighted by Gasteiger charge is -2.42. The molecular formula is C18H27N3O. The molecule has 4 heteroatoms. The van der Waals surface area contributed by atoms with E-state index in [1.165, 1.54) is 11.3 Å². The summed E-state index contributed by atoms with van der Waals surface area (Å²) >= 11 is 0. The predicted molar refractivity (Wildman–Crippen MR) is 90.2 cm³/mol. The third-order valence-corrected chi connectivity index (χ3v) is 5.14. The second kappa shape index (κ2) is 6.29. The zero-order chi connectivity index (χ0) is 15.6. The molecule has 0 aliphatic carbocycles. The molecule has 1 aromatic carbocycles. The molecule has 0 spiro atoms. The number of nitrogens with zero attached hydrogens (tertiary/aromatic N) is 2. The lowest BCUT2D eigenvalue weighted by atomic mass is 9.81. The van der Waals surface area contributed by atoms with Crippen molar-refractivity contribution in [2.24, 2.45) is 5.41 Å². The predicted octanol–water partition coefficient (Wildman–Crippen LogP) is 2.03. The Morgan fingerprint density at radius 2 is 1.91 bits per heavy atom. The number of carbonyl (C=O) groups is 1. The number of piperazine rings is 1. The zero-order valence-corrected chi connectivity index (χ0v) is 13.8. The van der Waals surface area contributed by atoms with Gasteiger partial charge in [0.05, 0.1) is 5.41 Å². The summed E-state index contributed by atoms with van der Waals surface area (Å²) in [5, 5.41) is 3.38. The minimum Gasteiger partial charge on any atom is -0.368 e. The van der Waals surface area contributed by atoms with Crippen molar-refractivity contribution in [3.8, 4) is 0 Å². The molecule has 0 radical (unpaired) electrons. The number of benzene rings is 1. The number of aryl methyl sites for hydroxylation is 1. The van der Waals surface area contributed by atoms with E-state index in [2.05, 4.69) is 53.2 Å². The molecule has 1 aromatic rings. The quantitative estimate of drug-likeness (QED) is 0.908. The first kappa shape index (κ1) is 15.3. The average molecular weight is 301 g/mol. The maximum absolute atomic E-state index is 12.9. The highest BCUT2D eigenvalue weighted by molar-refractivity contribution is 5.83. The van der Waals surface area contributed by atoms with Crippen molar-refractivity contribution in [2.75, 3.05) is 44.2 Å². The smallest absolute Gasteiger partial charge is 0.229 e. The fourth-order valence-electron chi connectivity index (χ4n) is 3.69. The van der Waals surface area contributed by atoms with Crippen LogP contribution >= 0.6 is 0 Å². The third-order valence-electron chi connectivity index (χ3n) is 5.14. The van der Waals surface area contributed by atoms with Gasteiger partial charge in [0.15, 0.2) is 0 Å². The second-order valence-electron chi connectivity index (χ2n) is 6.91. The van der Waals surface area contributed by atoms with E-state index in [0.717, 1.165) is 52.1 Å². The summed E-state index contributed by atoms with van der Waals surface area (Å²) in [6.45, 7) is 9.68. The maximum atomic E-state index is 12.9. The normalized spacial score (nSPS) is 26.1. The molecule has 22 heavy (non-hydrogen) atoms. The molecule has 2 saturated heterocycles. The number of anilines is 1. The minimum absolute atomic E-state index is 0.205. The van der Waals surface area contributed by atoms with E-state index >= 15 is 0 Å². The van der Waals surface area contributed by atoms with E-state index in [1.807, 2.05) is 0 Å². The standard InChI is InChI=1S/C18H27N3O/c1-15-6-3-4-7-16(15)20-10-12-21(13-11-20)17(22)18(2)8-5-9-19-14-18/h3-4,6-7,19H,5,8-14H2,1-2H3. The van der Waals surface area contributed by atoms with Crippen LogP contribution in [-0.2, 0) is 4.79 Å². The van der Waals surface area contributed by atoms with Gasteiger partial charge >= 0.3 is 0 Å². The molecule has 0 bridgehead atoms. The Labute approximate surface area is 133 Å². The summed E-state index contributed by atoms with van der Waals surface area (Å²) < 4.78 is 0. The molecule has 2 aliphatic heterocycles. The largest absolute Gasteiger partial charge is 0.368 e. The number of piperidine rings is 1. The van der Waals surface area contributed by atoms with Crippen LogP contribution in [0.1, 0.15) is 25.3 Å². The van der Waals surface area contributed by atoms with E-state index in [-0.39, 0.29) is 5.41 Å². The monoisotopic (exact) mass is 301 g/mol. The van der Waals surface area contributed by atoms with Crippen LogP contribution in [-0.4, -0.2) is 50.1 Å². The summed E-state index contributed by atoms with van der Waals surface area (Å²) in [5.41, 5.74) is 2.41. The number of nitrogens with one attached hydrogen (secondary N) is 1. The van der Waals surface area contributed by atoms with Crippen molar-refractivity contribution in [1.82, 2.24) is 10.2 Å². The van der Waals surface area contributed by atoms with Gasteiger partial charge in [0.1, 0.15) is 0 Å². The third kappa shape index (κ3) is 2.98. The Balaban J connectivity index is 1.62. The van der Waals surface area contributed by atoms with Gasteiger partial charge in [0.25, 0.3) is 0 Å². The van der Waals surface area contributed by atoms with Crippen molar-refractivity contribution in [3.63, 3.8) is 0 Å². The topological polar surface area (TPSA) is 35.6 Å². The molecule has 2 heterocycles. The van der Waals surface area contributed by atoms with Crippen LogP contribution in [0.15, 0.2) is 24.3 Å². The lowest BCUT2D eigenvalue weighted by molar-refractivity contribution is -0.142. The lowest BCUT2D eigenvalue weighted by Crippen LogP contribution is -2.56. The molecule has 2 fully saturated rings. The average Bonchev–Trinajstić information content (AvgIpc) is 2.55. The van der Waals surface area contributed by atoms with Gasteiger partial charge in [0, 0.05) is 38.4 Å². The minimum atomic E-state index is -0.205. The Hall–Kier alpha value is -1.55. The van der Waals surface area contributed by atoms with Crippen LogP contribution < -0.4 is 10.2 Å². The fourth-order valence-corrected chi connectivity index (χ4v) is 3.69. The summed E-state index contributed by atoms with van der Waals surface area (Å²) in [5.74, 6) is 0.337. The number of carbonyl (C=O) groups excluding carboxylic acids is 1. The van der Waals surface area contributed by atoms with E-state index in [9.17, 15) is 4.79 Å². The Bertz CT molecular complexity index is 529. The van der Waals surface area contributed by atoms with Gasteiger partial charge in [0.2, 0.25) is 5.91 Å². The first-order chi connectivity index (χ1) is 10.6. The fraction of sp³-hybridized carbons (Fsp3) is 0.611. The number of hydrogen-bond donors (Lipinski definition) is 1. The molecule has 3 rings (SSSR count). The van der Waals surface area contributed by atoms with Crippen LogP contribution in [0.4, 0.5) is 5.69 Å². The van der Waals surface area contributed by atoms with Gasteiger partial charge in [-0.1, -0.05) is 18.2 Å². The number of para-hydroxylation sites is 1. The van der Waals surface area contributed by atoms with Crippen molar-refractivity contribution in [3.05, 3.63) is 29.8 Å². The van der Waals surface area contributed by atoms with Crippen molar-refractivity contribution >= 4 is 11.6 Å². The highest BCUT2D eigenvalue weighted by Crippen LogP contribution is 2.29. The zero-order valence-electron chi connectivity index (χ0n) is 13.8. The van der Waals surface area contributed by atoms with Crippen molar-refractivity contribution in [2.45, 2.75) is 26.7 Å². The molecule has 4 nitrogen and oxygen atoms in total. The number of amides is 1. The Kier molecular flexibility index (Phi) is 4.39. The molecule has 0 aromatic heterocycles. The summed E-state index contributed by atoms with van der Waals surface area (Å²) in [4.78, 5) is 17.3. The van der Waals surface area contributed by atoms with Gasteiger partial charge in [-0.2, -0.15) is 0 Å². The van der Waals surface area contributed by atoms with Crippen LogP contribution in [0.25, 0.3) is 0 Å². The van der Waals surface area contributed by atoms with Gasteiger partial charge < -0.3 is 15.1 Å². The van der Waals surface area contributed by atoms with E-state index in [1.54, 1.807) is 0 Å². The SMILES string of the molecule is Cc1ccccc1N1CCN(C(=O)C2(C)CCCNC2)CC1. The van der Waals surface area contributed by atoms with Gasteiger partial charge in [-0.25, -0.2) is 0 Å². The summed E-state index contributed by atoms with van der Waals surface area (Å²) in [6.07, 6.45) is 2.11. The summed E-state index contributed by atoms with van der Waals surface area (Å²) in [6, 6.07) is 8.50. The first-order valence-corrected chi connectivity index (χ1v) is 8.41. The Morgan fingerprint density at radius 3 is 2.55 bits per heavy atom. The molecule has 1 atom stereocenters.